The molecular formula is C28H36FN3O3. The second-order valence-corrected chi connectivity index (χ2v) is 11.5. The minimum Gasteiger partial charge on any atom is -0.491 e. The normalized spacial score (nSPS) is 17.5. The number of nitrogens with zero attached hydrogens (tertiary/aromatic N) is 2. The van der Waals surface area contributed by atoms with E-state index < -0.39 is 11.8 Å². The number of nitrogens with one attached hydrogen (secondary N) is 1. The molecule has 0 unspecified atom stereocenters. The molecule has 2 aromatic carbocycles. The minimum absolute atomic E-state index is 0.0861. The molecule has 1 heterocycles. The third kappa shape index (κ3) is 5.29. The zero-order valence-corrected chi connectivity index (χ0v) is 21.7. The van der Waals surface area contributed by atoms with Gasteiger partial charge < -0.3 is 19.4 Å². The average Bonchev–Trinajstić information content (AvgIpc) is 3.11. The fourth-order valence-corrected chi connectivity index (χ4v) is 5.84. The summed E-state index contributed by atoms with van der Waals surface area (Å²) in [6.45, 7) is 13.1. The van der Waals surface area contributed by atoms with E-state index in [1.165, 1.54) is 13.2 Å². The molecule has 35 heavy (non-hydrogen) atoms. The molecule has 0 radical (unpaired) electrons. The first-order chi connectivity index (χ1) is 16.4. The van der Waals surface area contributed by atoms with Crippen LogP contribution in [-0.2, 0) is 4.74 Å². The number of hydrogen-bond acceptors (Lipinski definition) is 5. The van der Waals surface area contributed by atoms with E-state index in [1.54, 1.807) is 6.07 Å². The van der Waals surface area contributed by atoms with E-state index in [0.717, 1.165) is 30.7 Å². The Labute approximate surface area is 206 Å². The highest BCUT2D eigenvalue weighted by Crippen LogP contribution is 2.51. The molecule has 188 valence electrons. The fourth-order valence-electron chi connectivity index (χ4n) is 5.84. The lowest BCUT2D eigenvalue weighted by molar-refractivity contribution is 0.0595. The van der Waals surface area contributed by atoms with Crippen LogP contribution in [0.15, 0.2) is 36.4 Å². The highest BCUT2D eigenvalue weighted by molar-refractivity contribution is 5.95. The summed E-state index contributed by atoms with van der Waals surface area (Å²) in [5.74, 6) is -0.0409. The highest BCUT2D eigenvalue weighted by Gasteiger charge is 2.40. The Morgan fingerprint density at radius 3 is 2.29 bits per heavy atom. The van der Waals surface area contributed by atoms with Gasteiger partial charge in [0.05, 0.1) is 24.3 Å². The standard InChI is InChI=1S/C28H36FN3O3/c1-17(2)35-20-10-8-18(9-11-20)30-26-31-24-22(13-12-21(23(24)29)25(33)34-7)32(26)19-14-27(3,4)16-28(5,6)15-19/h8-13,17,19H,14-16H2,1-7H3,(H,30,31). The van der Waals surface area contributed by atoms with Crippen molar-refractivity contribution in [1.82, 2.24) is 9.55 Å². The zero-order chi connectivity index (χ0) is 25.5. The van der Waals surface area contributed by atoms with Crippen LogP contribution in [0.3, 0.4) is 0 Å². The molecule has 1 N–H and O–H groups in total. The van der Waals surface area contributed by atoms with Gasteiger partial charge in [0.25, 0.3) is 0 Å². The lowest BCUT2D eigenvalue weighted by Gasteiger charge is -2.45. The van der Waals surface area contributed by atoms with Crippen molar-refractivity contribution < 1.29 is 18.7 Å². The number of benzene rings is 2. The number of esters is 1. The number of hydrogen-bond donors (Lipinski definition) is 1. The van der Waals surface area contributed by atoms with Crippen molar-refractivity contribution >= 4 is 28.6 Å². The Bertz CT molecular complexity index is 1210. The highest BCUT2D eigenvalue weighted by atomic mass is 19.1. The van der Waals surface area contributed by atoms with Crippen LogP contribution in [0.25, 0.3) is 11.0 Å². The maximum Gasteiger partial charge on any atom is 0.340 e. The molecule has 0 bridgehead atoms. The van der Waals surface area contributed by atoms with Gasteiger partial charge in [-0.25, -0.2) is 14.2 Å². The second kappa shape index (κ2) is 9.17. The maximum atomic E-state index is 15.5. The Kier molecular flexibility index (Phi) is 6.56. The van der Waals surface area contributed by atoms with Crippen molar-refractivity contribution in [3.8, 4) is 5.75 Å². The second-order valence-electron chi connectivity index (χ2n) is 11.5. The summed E-state index contributed by atoms with van der Waals surface area (Å²) in [5, 5.41) is 3.40. The Morgan fingerprint density at radius 1 is 1.09 bits per heavy atom. The monoisotopic (exact) mass is 481 g/mol. The largest absolute Gasteiger partial charge is 0.491 e. The molecular weight excluding hydrogens is 445 g/mol. The summed E-state index contributed by atoms with van der Waals surface area (Å²) in [4.78, 5) is 16.8. The maximum absolute atomic E-state index is 15.5. The number of halogens is 1. The Hall–Kier alpha value is -3.09. The predicted octanol–water partition coefficient (Wildman–Crippen LogP) is 7.27. The number of carbonyl (C=O) groups excluding carboxylic acids is 1. The first kappa shape index (κ1) is 25.0. The van der Waals surface area contributed by atoms with Crippen molar-refractivity contribution in [2.75, 3.05) is 12.4 Å². The van der Waals surface area contributed by atoms with E-state index in [2.05, 4.69) is 42.6 Å². The van der Waals surface area contributed by atoms with Gasteiger partial charge in [0.2, 0.25) is 5.95 Å². The van der Waals surface area contributed by atoms with Gasteiger partial charge in [0.1, 0.15) is 11.3 Å². The molecule has 4 rings (SSSR count). The SMILES string of the molecule is COC(=O)c1ccc2c(nc(Nc3ccc(OC(C)C)cc3)n2C2CC(C)(C)CC(C)(C)C2)c1F. The van der Waals surface area contributed by atoms with Crippen LogP contribution in [0.1, 0.15) is 77.2 Å². The zero-order valence-electron chi connectivity index (χ0n) is 21.7. The van der Waals surface area contributed by atoms with Crippen LogP contribution in [0.4, 0.5) is 16.0 Å². The molecule has 0 aliphatic heterocycles. The van der Waals surface area contributed by atoms with Crippen LogP contribution in [0, 0.1) is 16.6 Å². The quantitative estimate of drug-likeness (QED) is 0.375. The van der Waals surface area contributed by atoms with E-state index in [9.17, 15) is 4.79 Å². The van der Waals surface area contributed by atoms with Crippen LogP contribution < -0.4 is 10.1 Å². The number of anilines is 2. The summed E-state index contributed by atoms with van der Waals surface area (Å²) in [6.07, 6.45) is 3.09. The van der Waals surface area contributed by atoms with E-state index in [4.69, 9.17) is 9.47 Å². The van der Waals surface area contributed by atoms with E-state index >= 15 is 4.39 Å². The van der Waals surface area contributed by atoms with Crippen molar-refractivity contribution in [1.29, 1.82) is 0 Å². The molecule has 7 heteroatoms. The molecule has 0 amide bonds. The van der Waals surface area contributed by atoms with E-state index in [-0.39, 0.29) is 34.1 Å². The fraction of sp³-hybridized carbons (Fsp3) is 0.500. The molecule has 6 nitrogen and oxygen atoms in total. The summed E-state index contributed by atoms with van der Waals surface area (Å²) < 4.78 is 28.1. The number of ether oxygens (including phenoxy) is 2. The molecule has 3 aromatic rings. The van der Waals surface area contributed by atoms with Gasteiger partial charge in [-0.05, 0) is 80.3 Å². The number of aromatic nitrogens is 2. The smallest absolute Gasteiger partial charge is 0.340 e. The molecule has 1 aliphatic carbocycles. The van der Waals surface area contributed by atoms with Gasteiger partial charge in [-0.1, -0.05) is 27.7 Å². The van der Waals surface area contributed by atoms with Crippen LogP contribution in [-0.4, -0.2) is 28.7 Å². The number of rotatable bonds is 6. The van der Waals surface area contributed by atoms with E-state index in [0.29, 0.717) is 11.5 Å². The number of fused-ring (bicyclic) bond motifs is 1. The number of imidazole rings is 1. The Balaban J connectivity index is 1.82. The van der Waals surface area contributed by atoms with Gasteiger partial charge >= 0.3 is 5.97 Å². The molecule has 1 aliphatic rings. The summed E-state index contributed by atoms with van der Waals surface area (Å²) >= 11 is 0. The van der Waals surface area contributed by atoms with Crippen molar-refractivity contribution in [2.24, 2.45) is 10.8 Å². The van der Waals surface area contributed by atoms with Crippen molar-refractivity contribution in [3.05, 3.63) is 47.8 Å². The molecule has 1 saturated carbocycles. The molecule has 1 fully saturated rings. The Morgan fingerprint density at radius 2 is 1.71 bits per heavy atom. The van der Waals surface area contributed by atoms with Crippen LogP contribution >= 0.6 is 0 Å². The first-order valence-electron chi connectivity index (χ1n) is 12.2. The topological polar surface area (TPSA) is 65.4 Å². The molecule has 0 spiro atoms. The van der Waals surface area contributed by atoms with Crippen LogP contribution in [0.2, 0.25) is 0 Å². The average molecular weight is 482 g/mol. The van der Waals surface area contributed by atoms with Crippen LogP contribution in [0.5, 0.6) is 5.75 Å². The third-order valence-corrected chi connectivity index (χ3v) is 6.59. The molecule has 0 atom stereocenters. The van der Waals surface area contributed by atoms with Gasteiger partial charge in [0.15, 0.2) is 5.82 Å². The number of carbonyl (C=O) groups is 1. The van der Waals surface area contributed by atoms with E-state index in [1.807, 2.05) is 38.1 Å². The first-order valence-corrected chi connectivity index (χ1v) is 12.2. The van der Waals surface area contributed by atoms with Gasteiger partial charge in [-0.2, -0.15) is 0 Å². The summed E-state index contributed by atoms with van der Waals surface area (Å²) in [7, 11) is 1.25. The summed E-state index contributed by atoms with van der Waals surface area (Å²) in [5.41, 5.74) is 1.78. The minimum atomic E-state index is -0.714. The van der Waals surface area contributed by atoms with Gasteiger partial charge in [-0.15, -0.1) is 0 Å². The van der Waals surface area contributed by atoms with Crippen molar-refractivity contribution in [2.45, 2.75) is 73.0 Å². The summed E-state index contributed by atoms with van der Waals surface area (Å²) in [6, 6.07) is 11.0. The number of methoxy groups -OCH3 is 1. The van der Waals surface area contributed by atoms with Gasteiger partial charge in [0, 0.05) is 11.7 Å². The lowest BCUT2D eigenvalue weighted by atomic mass is 9.63. The predicted molar refractivity (Wildman–Crippen MR) is 137 cm³/mol. The lowest BCUT2D eigenvalue weighted by Crippen LogP contribution is -2.35. The third-order valence-electron chi connectivity index (χ3n) is 6.59. The molecule has 1 aromatic heterocycles. The molecule has 0 saturated heterocycles. The van der Waals surface area contributed by atoms with Crippen molar-refractivity contribution in [3.63, 3.8) is 0 Å². The van der Waals surface area contributed by atoms with Gasteiger partial charge in [-0.3, -0.25) is 0 Å².